The second-order valence-electron chi connectivity index (χ2n) is 7.82. The Kier molecular flexibility index (Phi) is 3.87. The number of fused-ring (bicyclic) bond motifs is 2. The summed E-state index contributed by atoms with van der Waals surface area (Å²) in [6.45, 7) is 0.627. The summed E-state index contributed by atoms with van der Waals surface area (Å²) in [5.41, 5.74) is 2.87. The Hall–Kier alpha value is -3.30. The molecule has 1 aliphatic heterocycles. The standard InChI is InChI=1S/C20H19F2N7O/c21-18(22)15-6-2-5-12-9-14(27-29(12)15)17-16-13(23-10-24-16)7-8-28(17)20-26-25-19(30-20)11-3-1-4-11/h2,5-6,9-11,17-18H,1,3-4,7-8H2,(H,23,24). The maximum atomic E-state index is 13.5. The molecular formula is C20H19F2N7O. The summed E-state index contributed by atoms with van der Waals surface area (Å²) in [7, 11) is 0. The molecule has 4 aromatic heterocycles. The predicted octanol–water partition coefficient (Wildman–Crippen LogP) is 3.80. The van der Waals surface area contributed by atoms with Gasteiger partial charge in [0.2, 0.25) is 5.89 Å². The highest BCUT2D eigenvalue weighted by molar-refractivity contribution is 5.53. The average Bonchev–Trinajstić information content (AvgIpc) is 3.43. The van der Waals surface area contributed by atoms with Crippen LogP contribution in [0, 0.1) is 0 Å². The number of nitrogens with one attached hydrogen (secondary N) is 1. The van der Waals surface area contributed by atoms with Crippen molar-refractivity contribution in [1.82, 2.24) is 29.8 Å². The normalized spacial score (nSPS) is 19.4. The number of aromatic nitrogens is 6. The van der Waals surface area contributed by atoms with Gasteiger partial charge in [-0.3, -0.25) is 0 Å². The van der Waals surface area contributed by atoms with E-state index in [9.17, 15) is 8.78 Å². The first-order valence-electron chi connectivity index (χ1n) is 10.1. The van der Waals surface area contributed by atoms with Crippen LogP contribution in [0.3, 0.4) is 0 Å². The van der Waals surface area contributed by atoms with E-state index in [1.54, 1.807) is 18.5 Å². The van der Waals surface area contributed by atoms with E-state index in [0.29, 0.717) is 35.6 Å². The Bertz CT molecular complexity index is 1210. The molecule has 2 aliphatic rings. The largest absolute Gasteiger partial charge is 0.408 e. The molecule has 0 aromatic carbocycles. The van der Waals surface area contributed by atoms with Crippen molar-refractivity contribution in [2.75, 3.05) is 11.4 Å². The van der Waals surface area contributed by atoms with Gasteiger partial charge in [0.15, 0.2) is 0 Å². The molecule has 10 heteroatoms. The van der Waals surface area contributed by atoms with E-state index in [0.717, 1.165) is 30.7 Å². The average molecular weight is 411 g/mol. The second kappa shape index (κ2) is 6.61. The van der Waals surface area contributed by atoms with E-state index in [-0.39, 0.29) is 5.69 Å². The SMILES string of the molecule is FC(F)c1cccc2cc(C3c4nc[nH]c4CCN3c3nnc(C4CCC4)o3)nn12. The molecule has 154 valence electrons. The summed E-state index contributed by atoms with van der Waals surface area (Å²) in [5.74, 6) is 0.997. The summed E-state index contributed by atoms with van der Waals surface area (Å²) in [6, 6.07) is 6.60. The van der Waals surface area contributed by atoms with Gasteiger partial charge in [0.05, 0.1) is 23.2 Å². The lowest BCUT2D eigenvalue weighted by atomic mass is 9.85. The minimum Gasteiger partial charge on any atom is -0.408 e. The minimum atomic E-state index is -2.62. The van der Waals surface area contributed by atoms with Gasteiger partial charge >= 0.3 is 6.01 Å². The van der Waals surface area contributed by atoms with Crippen molar-refractivity contribution in [3.05, 3.63) is 59.3 Å². The van der Waals surface area contributed by atoms with Crippen LogP contribution in [0.25, 0.3) is 5.52 Å². The topological polar surface area (TPSA) is 88.1 Å². The van der Waals surface area contributed by atoms with Gasteiger partial charge in [0.1, 0.15) is 11.7 Å². The molecule has 1 N–H and O–H groups in total. The third-order valence-electron chi connectivity index (χ3n) is 6.09. The van der Waals surface area contributed by atoms with Crippen molar-refractivity contribution in [1.29, 1.82) is 0 Å². The Morgan fingerprint density at radius 1 is 1.20 bits per heavy atom. The van der Waals surface area contributed by atoms with Crippen molar-refractivity contribution in [2.24, 2.45) is 0 Å². The van der Waals surface area contributed by atoms with Gasteiger partial charge in [-0.05, 0) is 31.0 Å². The molecule has 4 aromatic rings. The number of nitrogens with zero attached hydrogens (tertiary/aromatic N) is 6. The molecule has 0 saturated heterocycles. The van der Waals surface area contributed by atoms with E-state index in [2.05, 4.69) is 25.3 Å². The maximum absolute atomic E-state index is 13.5. The number of H-pyrrole nitrogens is 1. The highest BCUT2D eigenvalue weighted by Gasteiger charge is 2.37. The van der Waals surface area contributed by atoms with Gasteiger partial charge in [0.25, 0.3) is 6.43 Å². The number of rotatable bonds is 4. The lowest BCUT2D eigenvalue weighted by Gasteiger charge is -2.32. The zero-order chi connectivity index (χ0) is 20.2. The van der Waals surface area contributed by atoms with Gasteiger partial charge in [-0.1, -0.05) is 17.6 Å². The minimum absolute atomic E-state index is 0.145. The van der Waals surface area contributed by atoms with Gasteiger partial charge in [-0.25, -0.2) is 18.3 Å². The zero-order valence-corrected chi connectivity index (χ0v) is 16.0. The molecule has 0 radical (unpaired) electrons. The molecule has 6 rings (SSSR count). The highest BCUT2D eigenvalue weighted by atomic mass is 19.3. The molecule has 8 nitrogen and oxygen atoms in total. The Labute approximate surface area is 169 Å². The van der Waals surface area contributed by atoms with Crippen LogP contribution in [0.2, 0.25) is 0 Å². The molecule has 5 heterocycles. The van der Waals surface area contributed by atoms with E-state index >= 15 is 0 Å². The molecular weight excluding hydrogens is 392 g/mol. The highest BCUT2D eigenvalue weighted by Crippen LogP contribution is 2.40. The van der Waals surface area contributed by atoms with Crippen molar-refractivity contribution in [3.8, 4) is 0 Å². The molecule has 1 aliphatic carbocycles. The number of pyridine rings is 1. The molecule has 1 fully saturated rings. The number of hydrogen-bond acceptors (Lipinski definition) is 6. The van der Waals surface area contributed by atoms with Crippen LogP contribution < -0.4 is 4.90 Å². The Balaban J connectivity index is 1.46. The predicted molar refractivity (Wildman–Crippen MR) is 103 cm³/mol. The number of anilines is 1. The fraction of sp³-hybridized carbons (Fsp3) is 0.400. The summed E-state index contributed by atoms with van der Waals surface area (Å²) >= 11 is 0. The van der Waals surface area contributed by atoms with E-state index in [1.165, 1.54) is 17.0 Å². The van der Waals surface area contributed by atoms with Crippen molar-refractivity contribution in [3.63, 3.8) is 0 Å². The smallest absolute Gasteiger partial charge is 0.319 e. The van der Waals surface area contributed by atoms with E-state index in [1.807, 2.05) is 11.0 Å². The molecule has 0 bridgehead atoms. The first kappa shape index (κ1) is 17.5. The van der Waals surface area contributed by atoms with Gasteiger partial charge in [-0.2, -0.15) is 5.10 Å². The summed E-state index contributed by atoms with van der Waals surface area (Å²) < 4.78 is 34.3. The van der Waals surface area contributed by atoms with E-state index < -0.39 is 12.5 Å². The van der Waals surface area contributed by atoms with Crippen LogP contribution >= 0.6 is 0 Å². The quantitative estimate of drug-likeness (QED) is 0.550. The lowest BCUT2D eigenvalue weighted by Crippen LogP contribution is -2.37. The molecule has 30 heavy (non-hydrogen) atoms. The number of halogens is 2. The van der Waals surface area contributed by atoms with Crippen molar-refractivity contribution >= 4 is 11.5 Å². The first-order chi connectivity index (χ1) is 14.7. The van der Waals surface area contributed by atoms with Crippen LogP contribution in [0.4, 0.5) is 14.8 Å². The first-order valence-corrected chi connectivity index (χ1v) is 10.1. The third-order valence-corrected chi connectivity index (χ3v) is 6.09. The molecule has 1 atom stereocenters. The van der Waals surface area contributed by atoms with Gasteiger partial charge in [0, 0.05) is 24.6 Å². The number of hydrogen-bond donors (Lipinski definition) is 1. The summed E-state index contributed by atoms with van der Waals surface area (Å²) in [4.78, 5) is 9.65. The fourth-order valence-corrected chi connectivity index (χ4v) is 4.30. The second-order valence-corrected chi connectivity index (χ2v) is 7.82. The Morgan fingerprint density at radius 3 is 2.90 bits per heavy atom. The molecule has 1 saturated carbocycles. The van der Waals surface area contributed by atoms with Gasteiger partial charge < -0.3 is 14.3 Å². The van der Waals surface area contributed by atoms with E-state index in [4.69, 9.17) is 4.42 Å². The number of aromatic amines is 1. The van der Waals surface area contributed by atoms with Crippen LogP contribution in [0.5, 0.6) is 0 Å². The zero-order valence-electron chi connectivity index (χ0n) is 16.0. The van der Waals surface area contributed by atoms with Crippen LogP contribution in [-0.2, 0) is 6.42 Å². The molecule has 1 unspecified atom stereocenters. The molecule has 0 amide bonds. The van der Waals surface area contributed by atoms with Crippen LogP contribution in [0.15, 0.2) is 35.0 Å². The Morgan fingerprint density at radius 2 is 2.10 bits per heavy atom. The lowest BCUT2D eigenvalue weighted by molar-refractivity contribution is 0.143. The molecule has 0 spiro atoms. The van der Waals surface area contributed by atoms with Crippen LogP contribution in [0.1, 0.15) is 66.3 Å². The number of imidazole rings is 1. The monoisotopic (exact) mass is 411 g/mol. The van der Waals surface area contributed by atoms with Crippen molar-refractivity contribution in [2.45, 2.75) is 44.1 Å². The summed E-state index contributed by atoms with van der Waals surface area (Å²) in [6.07, 6.45) is 3.08. The van der Waals surface area contributed by atoms with Crippen molar-refractivity contribution < 1.29 is 13.2 Å². The summed E-state index contributed by atoms with van der Waals surface area (Å²) in [5, 5.41) is 13.1. The van der Waals surface area contributed by atoms with Crippen LogP contribution in [-0.4, -0.2) is 36.3 Å². The third kappa shape index (κ3) is 2.62. The fourth-order valence-electron chi connectivity index (χ4n) is 4.30. The maximum Gasteiger partial charge on any atom is 0.319 e. The van der Waals surface area contributed by atoms with Gasteiger partial charge in [-0.15, -0.1) is 5.10 Å². The number of alkyl halides is 2.